The Morgan fingerprint density at radius 2 is 1.83 bits per heavy atom. The lowest BCUT2D eigenvalue weighted by Crippen LogP contribution is -2.38. The van der Waals surface area contributed by atoms with Crippen molar-refractivity contribution in [3.05, 3.63) is 54.1 Å². The van der Waals surface area contributed by atoms with Gasteiger partial charge >= 0.3 is 0 Å². The van der Waals surface area contributed by atoms with Crippen molar-refractivity contribution >= 4 is 33.2 Å². The van der Waals surface area contributed by atoms with Crippen LogP contribution in [0.5, 0.6) is 5.75 Å². The first-order valence-corrected chi connectivity index (χ1v) is 11.3. The molecule has 0 aliphatic heterocycles. The van der Waals surface area contributed by atoms with Crippen molar-refractivity contribution in [1.82, 2.24) is 5.32 Å². The number of hydrogen-bond acceptors (Lipinski definition) is 5. The van der Waals surface area contributed by atoms with Crippen LogP contribution in [-0.4, -0.2) is 46.2 Å². The van der Waals surface area contributed by atoms with Crippen LogP contribution in [0, 0.1) is 0 Å². The Labute approximate surface area is 177 Å². The molecule has 0 heterocycles. The fraction of sp³-hybridized carbons (Fsp3) is 0.333. The van der Waals surface area contributed by atoms with Crippen molar-refractivity contribution in [2.45, 2.75) is 26.3 Å². The Bertz CT molecular complexity index is 1010. The fourth-order valence-electron chi connectivity index (χ4n) is 2.68. The van der Waals surface area contributed by atoms with Crippen LogP contribution in [-0.2, 0) is 14.8 Å². The summed E-state index contributed by atoms with van der Waals surface area (Å²) in [6, 6.07) is 13.0. The van der Waals surface area contributed by atoms with E-state index in [-0.39, 0.29) is 11.9 Å². The van der Waals surface area contributed by atoms with E-state index in [0.717, 1.165) is 17.0 Å². The first kappa shape index (κ1) is 23.2. The smallest absolute Gasteiger partial charge is 0.253 e. The number of anilines is 2. The van der Waals surface area contributed by atoms with E-state index in [4.69, 9.17) is 4.74 Å². The normalized spacial score (nSPS) is 12.0. The number of nitrogens with zero attached hydrogens (tertiary/aromatic N) is 1. The second-order valence-electron chi connectivity index (χ2n) is 6.85. The van der Waals surface area contributed by atoms with Gasteiger partial charge in [-0.1, -0.05) is 25.1 Å². The third kappa shape index (κ3) is 6.21. The molecule has 30 heavy (non-hydrogen) atoms. The number of nitrogens with one attached hydrogen (secondary N) is 2. The van der Waals surface area contributed by atoms with Gasteiger partial charge in [0.2, 0.25) is 15.9 Å². The number of sulfonamides is 1. The molecule has 2 amide bonds. The minimum atomic E-state index is -3.74. The molecule has 0 bridgehead atoms. The van der Waals surface area contributed by atoms with Crippen LogP contribution in [0.1, 0.15) is 30.6 Å². The molecule has 2 rings (SSSR count). The Kier molecular flexibility index (Phi) is 7.82. The maximum Gasteiger partial charge on any atom is 0.253 e. The number of amides is 2. The summed E-state index contributed by atoms with van der Waals surface area (Å²) in [6.07, 6.45) is 1.79. The summed E-state index contributed by atoms with van der Waals surface area (Å²) in [5.41, 5.74) is 0.913. The predicted octanol–water partition coefficient (Wildman–Crippen LogP) is 2.63. The van der Waals surface area contributed by atoms with Crippen LogP contribution in [0.3, 0.4) is 0 Å². The molecule has 0 spiro atoms. The highest BCUT2D eigenvalue weighted by Gasteiger charge is 2.22. The van der Waals surface area contributed by atoms with Gasteiger partial charge in [-0.05, 0) is 37.6 Å². The average molecular weight is 434 g/mol. The van der Waals surface area contributed by atoms with Crippen molar-refractivity contribution < 1.29 is 22.7 Å². The number of carbonyl (C=O) groups excluding carboxylic acids is 2. The van der Waals surface area contributed by atoms with Gasteiger partial charge in [0.15, 0.2) is 0 Å². The molecule has 1 atom stereocenters. The van der Waals surface area contributed by atoms with Crippen LogP contribution in [0.2, 0.25) is 0 Å². The molecular formula is C21H27N3O5S. The van der Waals surface area contributed by atoms with Crippen LogP contribution in [0.15, 0.2) is 48.5 Å². The lowest BCUT2D eigenvalue weighted by molar-refractivity contribution is -0.114. The SMILES string of the molecule is CC[C@@H](C)NC(=O)c1ccccc1NC(=O)CN(c1cccc(OC)c1)S(C)(=O)=O. The third-order valence-corrected chi connectivity index (χ3v) is 5.61. The summed E-state index contributed by atoms with van der Waals surface area (Å²) in [7, 11) is -2.27. The Morgan fingerprint density at radius 3 is 2.47 bits per heavy atom. The molecule has 0 saturated carbocycles. The Hall–Kier alpha value is -3.07. The summed E-state index contributed by atoms with van der Waals surface area (Å²) in [4.78, 5) is 25.2. The molecule has 2 N–H and O–H groups in total. The minimum Gasteiger partial charge on any atom is -0.497 e. The highest BCUT2D eigenvalue weighted by atomic mass is 32.2. The van der Waals surface area contributed by atoms with E-state index in [1.165, 1.54) is 13.2 Å². The molecule has 0 unspecified atom stereocenters. The van der Waals surface area contributed by atoms with E-state index < -0.39 is 22.5 Å². The minimum absolute atomic E-state index is 0.0185. The molecule has 0 saturated heterocycles. The van der Waals surface area contributed by atoms with Crippen LogP contribution in [0.25, 0.3) is 0 Å². The van der Waals surface area contributed by atoms with Gasteiger partial charge in [0, 0.05) is 12.1 Å². The summed E-state index contributed by atoms with van der Waals surface area (Å²) in [6.45, 7) is 3.39. The number of carbonyl (C=O) groups is 2. The van der Waals surface area contributed by atoms with E-state index >= 15 is 0 Å². The maximum atomic E-state index is 12.7. The van der Waals surface area contributed by atoms with Gasteiger partial charge in [-0.3, -0.25) is 13.9 Å². The van der Waals surface area contributed by atoms with Crippen molar-refractivity contribution in [1.29, 1.82) is 0 Å². The van der Waals surface area contributed by atoms with E-state index in [2.05, 4.69) is 10.6 Å². The molecule has 2 aromatic carbocycles. The van der Waals surface area contributed by atoms with Crippen molar-refractivity contribution in [3.63, 3.8) is 0 Å². The highest BCUT2D eigenvalue weighted by molar-refractivity contribution is 7.92. The van der Waals surface area contributed by atoms with E-state index in [1.54, 1.807) is 42.5 Å². The van der Waals surface area contributed by atoms with Gasteiger partial charge in [0.25, 0.3) is 5.91 Å². The lowest BCUT2D eigenvalue weighted by Gasteiger charge is -2.22. The molecule has 2 aromatic rings. The van der Waals surface area contributed by atoms with Gasteiger partial charge in [0.1, 0.15) is 12.3 Å². The molecular weight excluding hydrogens is 406 g/mol. The Balaban J connectivity index is 2.23. The summed E-state index contributed by atoms with van der Waals surface area (Å²) < 4.78 is 30.7. The van der Waals surface area contributed by atoms with E-state index in [9.17, 15) is 18.0 Å². The van der Waals surface area contributed by atoms with E-state index in [1.807, 2.05) is 13.8 Å². The summed E-state index contributed by atoms with van der Waals surface area (Å²) >= 11 is 0. The number of ether oxygens (including phenoxy) is 1. The molecule has 0 aliphatic rings. The van der Waals surface area contributed by atoms with Crippen molar-refractivity contribution in [3.8, 4) is 5.75 Å². The van der Waals surface area contributed by atoms with Crippen molar-refractivity contribution in [2.75, 3.05) is 29.5 Å². The molecule has 0 aromatic heterocycles. The summed E-state index contributed by atoms with van der Waals surface area (Å²) in [5, 5.41) is 5.50. The first-order chi connectivity index (χ1) is 14.2. The molecule has 0 aliphatic carbocycles. The number of hydrogen-bond donors (Lipinski definition) is 2. The van der Waals surface area contributed by atoms with Gasteiger partial charge in [-0.2, -0.15) is 0 Å². The van der Waals surface area contributed by atoms with Crippen LogP contribution >= 0.6 is 0 Å². The molecule has 0 fully saturated rings. The quantitative estimate of drug-likeness (QED) is 0.633. The predicted molar refractivity (Wildman–Crippen MR) is 117 cm³/mol. The zero-order valence-corrected chi connectivity index (χ0v) is 18.3. The van der Waals surface area contributed by atoms with Gasteiger partial charge in [0.05, 0.1) is 30.3 Å². The fourth-order valence-corrected chi connectivity index (χ4v) is 3.53. The third-order valence-electron chi connectivity index (χ3n) is 4.46. The van der Waals surface area contributed by atoms with Crippen LogP contribution in [0.4, 0.5) is 11.4 Å². The van der Waals surface area contributed by atoms with Crippen LogP contribution < -0.4 is 19.7 Å². The monoisotopic (exact) mass is 433 g/mol. The number of methoxy groups -OCH3 is 1. The average Bonchev–Trinajstić information content (AvgIpc) is 2.71. The van der Waals surface area contributed by atoms with E-state index in [0.29, 0.717) is 22.7 Å². The standard InChI is InChI=1S/C21H27N3O5S/c1-5-15(2)22-21(26)18-11-6-7-12-19(18)23-20(25)14-24(30(4,27)28)16-9-8-10-17(13-16)29-3/h6-13,15H,5,14H2,1-4H3,(H,22,26)(H,23,25)/t15-/m1/s1. The zero-order chi connectivity index (χ0) is 22.3. The number of para-hydroxylation sites is 1. The Morgan fingerprint density at radius 1 is 1.13 bits per heavy atom. The second-order valence-corrected chi connectivity index (χ2v) is 8.75. The topological polar surface area (TPSA) is 105 Å². The number of benzene rings is 2. The van der Waals surface area contributed by atoms with Gasteiger partial charge in [-0.15, -0.1) is 0 Å². The van der Waals surface area contributed by atoms with Crippen molar-refractivity contribution in [2.24, 2.45) is 0 Å². The lowest BCUT2D eigenvalue weighted by atomic mass is 10.1. The highest BCUT2D eigenvalue weighted by Crippen LogP contribution is 2.23. The first-order valence-electron chi connectivity index (χ1n) is 9.47. The molecule has 0 radical (unpaired) electrons. The number of rotatable bonds is 9. The summed E-state index contributed by atoms with van der Waals surface area (Å²) in [5.74, 6) is -0.423. The largest absolute Gasteiger partial charge is 0.497 e. The molecule has 9 heteroatoms. The molecule has 8 nitrogen and oxygen atoms in total. The maximum absolute atomic E-state index is 12.7. The second kappa shape index (κ2) is 10.1. The molecule has 162 valence electrons. The van der Waals surface area contributed by atoms with Gasteiger partial charge < -0.3 is 15.4 Å². The zero-order valence-electron chi connectivity index (χ0n) is 17.5. The van der Waals surface area contributed by atoms with Gasteiger partial charge in [-0.25, -0.2) is 8.42 Å².